The van der Waals surface area contributed by atoms with Crippen LogP contribution in [0.5, 0.6) is 0 Å². The Morgan fingerprint density at radius 2 is 2.21 bits per heavy atom. The molecule has 0 spiro atoms. The molecule has 2 atom stereocenters. The maximum Gasteiger partial charge on any atom is 0.178 e. The number of nitrogens with zero attached hydrogens (tertiary/aromatic N) is 1. The Hall–Kier alpha value is -0.840. The van der Waals surface area contributed by atoms with Crippen molar-refractivity contribution < 1.29 is 4.74 Å². The molecule has 0 aliphatic heterocycles. The van der Waals surface area contributed by atoms with Crippen LogP contribution in [0.15, 0.2) is 18.2 Å². The first kappa shape index (κ1) is 13.2. The molecule has 102 valence electrons. The number of hydrogen-bond acceptors (Lipinski definition) is 2. The molecule has 1 saturated carbocycles. The van der Waals surface area contributed by atoms with Gasteiger partial charge in [0.25, 0.3) is 0 Å². The van der Waals surface area contributed by atoms with Crippen molar-refractivity contribution in [2.45, 2.75) is 32.4 Å². The molecule has 0 bridgehead atoms. The second-order valence-electron chi connectivity index (χ2n) is 5.76. The van der Waals surface area contributed by atoms with Crippen LogP contribution in [-0.4, -0.2) is 22.8 Å². The predicted molar refractivity (Wildman–Crippen MR) is 80.4 cm³/mol. The van der Waals surface area contributed by atoms with Gasteiger partial charge in [0, 0.05) is 23.6 Å². The fraction of sp³-hybridized carbons (Fsp3) is 0.500. The number of nitrogens with one attached hydrogen (secondary N) is 1. The van der Waals surface area contributed by atoms with Crippen LogP contribution in [0.25, 0.3) is 11.0 Å². The third-order valence-corrected chi connectivity index (χ3v) is 4.94. The van der Waals surface area contributed by atoms with Gasteiger partial charge in [0.15, 0.2) is 4.77 Å². The lowest BCUT2D eigenvalue weighted by Crippen LogP contribution is -2.51. The molecule has 0 saturated heterocycles. The lowest BCUT2D eigenvalue weighted by Gasteiger charge is -2.51. The summed E-state index contributed by atoms with van der Waals surface area (Å²) in [7, 11) is 1.77. The van der Waals surface area contributed by atoms with Crippen molar-refractivity contribution in [3.05, 3.63) is 28.0 Å². The van der Waals surface area contributed by atoms with Crippen LogP contribution in [0.2, 0.25) is 5.02 Å². The first-order valence-corrected chi connectivity index (χ1v) is 7.16. The van der Waals surface area contributed by atoms with Gasteiger partial charge in [0.05, 0.1) is 17.1 Å². The molecule has 1 N–H and O–H groups in total. The number of aromatic amines is 1. The van der Waals surface area contributed by atoms with Gasteiger partial charge in [-0.05, 0) is 36.8 Å². The van der Waals surface area contributed by atoms with Gasteiger partial charge in [-0.1, -0.05) is 25.4 Å². The Morgan fingerprint density at radius 1 is 1.47 bits per heavy atom. The van der Waals surface area contributed by atoms with Crippen molar-refractivity contribution in [1.82, 2.24) is 9.55 Å². The number of aromatic nitrogens is 2. The highest BCUT2D eigenvalue weighted by Gasteiger charge is 2.50. The van der Waals surface area contributed by atoms with Crippen LogP contribution in [0.3, 0.4) is 0 Å². The van der Waals surface area contributed by atoms with E-state index in [0.717, 1.165) is 27.2 Å². The number of rotatable bonds is 2. The van der Waals surface area contributed by atoms with E-state index in [1.807, 2.05) is 18.2 Å². The van der Waals surface area contributed by atoms with Gasteiger partial charge < -0.3 is 14.3 Å². The van der Waals surface area contributed by atoms with E-state index < -0.39 is 0 Å². The molecule has 0 amide bonds. The van der Waals surface area contributed by atoms with E-state index in [1.54, 1.807) is 7.11 Å². The Morgan fingerprint density at radius 3 is 2.84 bits per heavy atom. The van der Waals surface area contributed by atoms with Crippen LogP contribution < -0.4 is 0 Å². The summed E-state index contributed by atoms with van der Waals surface area (Å²) in [5, 5.41) is 0.732. The summed E-state index contributed by atoms with van der Waals surface area (Å²) in [6, 6.07) is 6.17. The van der Waals surface area contributed by atoms with Crippen LogP contribution in [0.1, 0.15) is 26.3 Å². The summed E-state index contributed by atoms with van der Waals surface area (Å²) in [6.45, 7) is 4.45. The summed E-state index contributed by atoms with van der Waals surface area (Å²) in [6.07, 6.45) is 1.26. The van der Waals surface area contributed by atoms with Crippen LogP contribution in [0, 0.1) is 10.2 Å². The molecule has 1 heterocycles. The van der Waals surface area contributed by atoms with Crippen molar-refractivity contribution in [2.24, 2.45) is 5.41 Å². The smallest absolute Gasteiger partial charge is 0.178 e. The minimum absolute atomic E-state index is 0.0738. The Kier molecular flexibility index (Phi) is 3.00. The lowest BCUT2D eigenvalue weighted by molar-refractivity contribution is -0.111. The zero-order chi connectivity index (χ0) is 13.8. The number of benzene rings is 1. The Bertz CT molecular complexity index is 688. The highest BCUT2D eigenvalue weighted by Crippen LogP contribution is 2.52. The van der Waals surface area contributed by atoms with Gasteiger partial charge in [0.1, 0.15) is 0 Å². The molecule has 1 fully saturated rings. The van der Waals surface area contributed by atoms with Gasteiger partial charge in [-0.15, -0.1) is 0 Å². The van der Waals surface area contributed by atoms with Crippen molar-refractivity contribution in [3.8, 4) is 0 Å². The van der Waals surface area contributed by atoms with Crippen LogP contribution in [-0.2, 0) is 4.74 Å². The highest BCUT2D eigenvalue weighted by atomic mass is 35.5. The number of hydrogen-bond donors (Lipinski definition) is 1. The van der Waals surface area contributed by atoms with E-state index >= 15 is 0 Å². The average molecular weight is 297 g/mol. The fourth-order valence-electron chi connectivity index (χ4n) is 3.11. The number of methoxy groups -OCH3 is 1. The molecular formula is C14H17ClN2OS. The first-order chi connectivity index (χ1) is 8.95. The van der Waals surface area contributed by atoms with Crippen molar-refractivity contribution >= 4 is 34.9 Å². The zero-order valence-electron chi connectivity index (χ0n) is 11.2. The number of fused-ring (bicyclic) bond motifs is 1. The third-order valence-electron chi connectivity index (χ3n) is 4.40. The SMILES string of the molecule is COC1CC(n2c(=S)[nH]c3ccc(Cl)cc32)C1(C)C. The number of imidazole rings is 1. The third kappa shape index (κ3) is 1.85. The Labute approximate surface area is 122 Å². The summed E-state index contributed by atoms with van der Waals surface area (Å²) in [4.78, 5) is 3.25. The van der Waals surface area contributed by atoms with E-state index in [1.165, 1.54) is 0 Å². The van der Waals surface area contributed by atoms with E-state index in [0.29, 0.717) is 6.04 Å². The molecule has 5 heteroatoms. The quantitative estimate of drug-likeness (QED) is 0.836. The van der Waals surface area contributed by atoms with Crippen molar-refractivity contribution in [1.29, 1.82) is 0 Å². The Balaban J connectivity index is 2.14. The second kappa shape index (κ2) is 4.33. The first-order valence-electron chi connectivity index (χ1n) is 6.37. The minimum Gasteiger partial charge on any atom is -0.381 e. The molecule has 3 rings (SSSR count). The molecule has 1 aliphatic rings. The normalized spacial score (nSPS) is 25.5. The number of halogens is 1. The van der Waals surface area contributed by atoms with Gasteiger partial charge in [0.2, 0.25) is 0 Å². The average Bonchev–Trinajstić information content (AvgIpc) is 2.65. The fourth-order valence-corrected chi connectivity index (χ4v) is 3.61. The molecular weight excluding hydrogens is 280 g/mol. The van der Waals surface area contributed by atoms with Gasteiger partial charge in [-0.25, -0.2) is 0 Å². The lowest BCUT2D eigenvalue weighted by atomic mass is 9.64. The summed E-state index contributed by atoms with van der Waals surface area (Å²) in [5.74, 6) is 0. The number of H-pyrrole nitrogens is 1. The molecule has 0 radical (unpaired) electrons. The van der Waals surface area contributed by atoms with Gasteiger partial charge in [-0.2, -0.15) is 0 Å². The van der Waals surface area contributed by atoms with Crippen LogP contribution in [0.4, 0.5) is 0 Å². The summed E-state index contributed by atoms with van der Waals surface area (Å²) < 4.78 is 8.46. The highest BCUT2D eigenvalue weighted by molar-refractivity contribution is 7.71. The van der Waals surface area contributed by atoms with Crippen LogP contribution >= 0.6 is 23.8 Å². The van der Waals surface area contributed by atoms with Gasteiger partial charge in [-0.3, -0.25) is 0 Å². The topological polar surface area (TPSA) is 29.9 Å². The minimum atomic E-state index is 0.0738. The molecule has 2 unspecified atom stereocenters. The van der Waals surface area contributed by atoms with Crippen molar-refractivity contribution in [3.63, 3.8) is 0 Å². The van der Waals surface area contributed by atoms with E-state index in [9.17, 15) is 0 Å². The zero-order valence-corrected chi connectivity index (χ0v) is 12.8. The molecule has 1 aliphatic carbocycles. The molecule has 19 heavy (non-hydrogen) atoms. The maximum absolute atomic E-state index is 6.11. The van der Waals surface area contributed by atoms with E-state index in [2.05, 4.69) is 23.4 Å². The predicted octanol–water partition coefficient (Wildman–Crippen LogP) is 4.34. The molecule has 3 nitrogen and oxygen atoms in total. The monoisotopic (exact) mass is 296 g/mol. The van der Waals surface area contributed by atoms with Gasteiger partial charge >= 0.3 is 0 Å². The summed E-state index contributed by atoms with van der Waals surface area (Å²) >= 11 is 11.6. The van der Waals surface area contributed by atoms with Crippen molar-refractivity contribution in [2.75, 3.05) is 7.11 Å². The molecule has 2 aromatic rings. The maximum atomic E-state index is 6.11. The standard InChI is InChI=1S/C14H17ClN2OS/c1-14(2)11(7-12(14)18-3)17-10-6-8(15)4-5-9(10)16-13(17)19/h4-6,11-12H,7H2,1-3H3,(H,16,19). The number of ether oxygens (including phenoxy) is 1. The largest absolute Gasteiger partial charge is 0.381 e. The van der Waals surface area contributed by atoms with E-state index in [4.69, 9.17) is 28.6 Å². The summed E-state index contributed by atoms with van der Waals surface area (Å²) in [5.41, 5.74) is 2.18. The second-order valence-corrected chi connectivity index (χ2v) is 6.58. The molecule has 1 aromatic heterocycles. The molecule has 1 aromatic carbocycles. The van der Waals surface area contributed by atoms with E-state index in [-0.39, 0.29) is 11.5 Å².